The van der Waals surface area contributed by atoms with Crippen molar-refractivity contribution >= 4 is 5.91 Å². The van der Waals surface area contributed by atoms with E-state index in [4.69, 9.17) is 0 Å². The number of aryl methyl sites for hydroxylation is 1. The Morgan fingerprint density at radius 2 is 2.14 bits per heavy atom. The number of amides is 1. The fraction of sp³-hybridized carbons (Fsp3) is 0.444. The summed E-state index contributed by atoms with van der Waals surface area (Å²) in [6.07, 6.45) is 9.88. The molecule has 0 radical (unpaired) electrons. The molecule has 2 atom stereocenters. The second-order valence-electron chi connectivity index (χ2n) is 6.38. The summed E-state index contributed by atoms with van der Waals surface area (Å²) in [5.41, 5.74) is 2.60. The van der Waals surface area contributed by atoms with E-state index in [9.17, 15) is 4.79 Å². The summed E-state index contributed by atoms with van der Waals surface area (Å²) in [5.74, 6) is 0.382. The van der Waals surface area contributed by atoms with Crippen molar-refractivity contribution in [3.63, 3.8) is 0 Å². The third-order valence-corrected chi connectivity index (χ3v) is 5.09. The molecule has 1 aromatic carbocycles. The predicted octanol–water partition coefficient (Wildman–Crippen LogP) is 2.78. The van der Waals surface area contributed by atoms with Gasteiger partial charge < -0.3 is 9.47 Å². The molecule has 114 valence electrons. The van der Waals surface area contributed by atoms with Gasteiger partial charge in [-0.2, -0.15) is 0 Å². The highest BCUT2D eigenvalue weighted by atomic mass is 16.2. The minimum Gasteiger partial charge on any atom is -0.340 e. The Hall–Kier alpha value is -2.10. The lowest BCUT2D eigenvalue weighted by Gasteiger charge is -2.35. The number of carbonyl (C=O) groups is 1. The first-order valence-electron chi connectivity index (χ1n) is 8.17. The lowest BCUT2D eigenvalue weighted by atomic mass is 9.97. The highest BCUT2D eigenvalue weighted by Gasteiger charge is 2.33. The number of carbonyl (C=O) groups excluding carboxylic acids is 1. The van der Waals surface area contributed by atoms with E-state index in [2.05, 4.69) is 38.7 Å². The van der Waals surface area contributed by atoms with Crippen molar-refractivity contribution in [1.29, 1.82) is 0 Å². The highest BCUT2D eigenvalue weighted by Crippen LogP contribution is 2.35. The fourth-order valence-electron chi connectivity index (χ4n) is 3.92. The molecule has 2 aliphatic rings. The van der Waals surface area contributed by atoms with Crippen LogP contribution in [0.25, 0.3) is 0 Å². The van der Waals surface area contributed by atoms with Crippen molar-refractivity contribution in [2.45, 2.75) is 37.6 Å². The molecule has 0 spiro atoms. The number of hydrogen-bond donors (Lipinski definition) is 0. The molecule has 1 aromatic heterocycles. The van der Waals surface area contributed by atoms with Crippen LogP contribution in [-0.4, -0.2) is 33.4 Å². The second-order valence-corrected chi connectivity index (χ2v) is 6.38. The van der Waals surface area contributed by atoms with E-state index >= 15 is 0 Å². The number of fused-ring (bicyclic) bond motifs is 1. The first kappa shape index (κ1) is 13.6. The molecule has 4 heteroatoms. The van der Waals surface area contributed by atoms with E-state index in [-0.39, 0.29) is 5.92 Å². The average molecular weight is 295 g/mol. The monoisotopic (exact) mass is 295 g/mol. The van der Waals surface area contributed by atoms with Crippen LogP contribution in [0.2, 0.25) is 0 Å². The SMILES string of the molecule is O=C([C@@H]1CCc2ccccc21)N1CCC[C@H](n2ccnc2)C1. The first-order valence-corrected chi connectivity index (χ1v) is 8.17. The molecule has 4 nitrogen and oxygen atoms in total. The Balaban J connectivity index is 1.51. The van der Waals surface area contributed by atoms with Crippen LogP contribution in [-0.2, 0) is 11.2 Å². The van der Waals surface area contributed by atoms with E-state index in [0.717, 1.165) is 38.8 Å². The van der Waals surface area contributed by atoms with Crippen molar-refractivity contribution in [3.8, 4) is 0 Å². The van der Waals surface area contributed by atoms with Crippen molar-refractivity contribution in [3.05, 3.63) is 54.1 Å². The molecule has 0 N–H and O–H groups in total. The van der Waals surface area contributed by atoms with Gasteiger partial charge in [0.25, 0.3) is 0 Å². The summed E-state index contributed by atoms with van der Waals surface area (Å²) >= 11 is 0. The summed E-state index contributed by atoms with van der Waals surface area (Å²) < 4.78 is 2.14. The van der Waals surface area contributed by atoms with E-state index < -0.39 is 0 Å². The molecule has 2 heterocycles. The van der Waals surface area contributed by atoms with Gasteiger partial charge in [0, 0.05) is 25.5 Å². The van der Waals surface area contributed by atoms with Crippen molar-refractivity contribution in [2.24, 2.45) is 0 Å². The molecule has 0 bridgehead atoms. The number of nitrogens with zero attached hydrogens (tertiary/aromatic N) is 3. The quantitative estimate of drug-likeness (QED) is 0.854. The van der Waals surface area contributed by atoms with Crippen LogP contribution in [0, 0.1) is 0 Å². The van der Waals surface area contributed by atoms with Crippen LogP contribution in [0.5, 0.6) is 0 Å². The van der Waals surface area contributed by atoms with Crippen LogP contribution in [0.4, 0.5) is 0 Å². The Bertz CT molecular complexity index is 665. The van der Waals surface area contributed by atoms with Crippen LogP contribution in [0.15, 0.2) is 43.0 Å². The normalized spacial score (nSPS) is 24.3. The maximum Gasteiger partial charge on any atom is 0.230 e. The molecule has 1 aliphatic carbocycles. The maximum atomic E-state index is 13.0. The zero-order chi connectivity index (χ0) is 14.9. The Kier molecular flexibility index (Phi) is 3.45. The number of aromatic nitrogens is 2. The van der Waals surface area contributed by atoms with Gasteiger partial charge in [-0.25, -0.2) is 4.98 Å². The van der Waals surface area contributed by atoms with Gasteiger partial charge in [0.1, 0.15) is 0 Å². The minimum absolute atomic E-state index is 0.0673. The predicted molar refractivity (Wildman–Crippen MR) is 84.6 cm³/mol. The molecular formula is C18H21N3O. The van der Waals surface area contributed by atoms with Crippen molar-refractivity contribution < 1.29 is 4.79 Å². The van der Waals surface area contributed by atoms with Gasteiger partial charge in [-0.1, -0.05) is 24.3 Å². The second kappa shape index (κ2) is 5.59. The molecule has 1 saturated heterocycles. The molecule has 0 saturated carbocycles. The van der Waals surface area contributed by atoms with Gasteiger partial charge in [-0.3, -0.25) is 4.79 Å². The van der Waals surface area contributed by atoms with Crippen LogP contribution >= 0.6 is 0 Å². The zero-order valence-electron chi connectivity index (χ0n) is 12.7. The number of benzene rings is 1. The zero-order valence-corrected chi connectivity index (χ0v) is 12.7. The minimum atomic E-state index is 0.0673. The third kappa shape index (κ3) is 2.32. The van der Waals surface area contributed by atoms with E-state index in [0.29, 0.717) is 11.9 Å². The number of hydrogen-bond acceptors (Lipinski definition) is 2. The lowest BCUT2D eigenvalue weighted by Crippen LogP contribution is -2.42. The smallest absolute Gasteiger partial charge is 0.230 e. The van der Waals surface area contributed by atoms with Gasteiger partial charge in [-0.05, 0) is 36.8 Å². The molecule has 2 aromatic rings. The van der Waals surface area contributed by atoms with Gasteiger partial charge in [0.15, 0.2) is 0 Å². The lowest BCUT2D eigenvalue weighted by molar-refractivity contribution is -0.134. The van der Waals surface area contributed by atoms with E-state index in [1.807, 2.05) is 18.7 Å². The summed E-state index contributed by atoms with van der Waals surface area (Å²) in [7, 11) is 0. The van der Waals surface area contributed by atoms with Crippen LogP contribution < -0.4 is 0 Å². The van der Waals surface area contributed by atoms with Crippen molar-refractivity contribution in [1.82, 2.24) is 14.5 Å². The number of rotatable bonds is 2. The Morgan fingerprint density at radius 3 is 3.00 bits per heavy atom. The number of piperidine rings is 1. The molecular weight excluding hydrogens is 274 g/mol. The Morgan fingerprint density at radius 1 is 1.23 bits per heavy atom. The molecule has 1 aliphatic heterocycles. The summed E-state index contributed by atoms with van der Waals surface area (Å²) in [6.45, 7) is 1.70. The molecule has 1 fully saturated rings. The maximum absolute atomic E-state index is 13.0. The summed E-state index contributed by atoms with van der Waals surface area (Å²) in [6, 6.07) is 8.78. The standard InChI is InChI=1S/C18H21N3O/c22-18(17-8-7-14-4-1-2-6-16(14)17)20-10-3-5-15(12-20)21-11-9-19-13-21/h1-2,4,6,9,11,13,15,17H,3,5,7-8,10,12H2/t15-,17+/m0/s1. The van der Waals surface area contributed by atoms with Gasteiger partial charge in [0.2, 0.25) is 5.91 Å². The third-order valence-electron chi connectivity index (χ3n) is 5.09. The van der Waals surface area contributed by atoms with Gasteiger partial charge in [0.05, 0.1) is 18.3 Å². The highest BCUT2D eigenvalue weighted by molar-refractivity contribution is 5.85. The summed E-state index contributed by atoms with van der Waals surface area (Å²) in [4.78, 5) is 19.2. The van der Waals surface area contributed by atoms with E-state index in [1.54, 1.807) is 0 Å². The van der Waals surface area contributed by atoms with Gasteiger partial charge >= 0.3 is 0 Å². The number of likely N-dealkylation sites (tertiary alicyclic amines) is 1. The molecule has 0 unspecified atom stereocenters. The number of imidazole rings is 1. The topological polar surface area (TPSA) is 38.1 Å². The van der Waals surface area contributed by atoms with Crippen LogP contribution in [0.1, 0.15) is 42.3 Å². The van der Waals surface area contributed by atoms with Gasteiger partial charge in [-0.15, -0.1) is 0 Å². The summed E-state index contributed by atoms with van der Waals surface area (Å²) in [5, 5.41) is 0. The molecule has 4 rings (SSSR count). The van der Waals surface area contributed by atoms with Crippen molar-refractivity contribution in [2.75, 3.05) is 13.1 Å². The largest absolute Gasteiger partial charge is 0.340 e. The fourth-order valence-corrected chi connectivity index (χ4v) is 3.92. The Labute approximate surface area is 130 Å². The first-order chi connectivity index (χ1) is 10.8. The molecule has 22 heavy (non-hydrogen) atoms. The molecule has 1 amide bonds. The van der Waals surface area contributed by atoms with Crippen LogP contribution in [0.3, 0.4) is 0 Å². The average Bonchev–Trinajstić information content (AvgIpc) is 3.24. The van der Waals surface area contributed by atoms with E-state index in [1.165, 1.54) is 11.1 Å².